The summed E-state index contributed by atoms with van der Waals surface area (Å²) >= 11 is 0. The molecule has 1 fully saturated rings. The lowest BCUT2D eigenvalue weighted by Crippen LogP contribution is -2.44. The van der Waals surface area contributed by atoms with Crippen LogP contribution in [-0.2, 0) is 5.41 Å². The monoisotopic (exact) mass is 390 g/mol. The van der Waals surface area contributed by atoms with Crippen molar-refractivity contribution in [2.75, 3.05) is 13.1 Å². The molecule has 1 aromatic carbocycles. The molecule has 27 heavy (non-hydrogen) atoms. The zero-order valence-electron chi connectivity index (χ0n) is 16.7. The molecule has 2 atom stereocenters. The van der Waals surface area contributed by atoms with Crippen LogP contribution in [0.5, 0.6) is 0 Å². The number of benzene rings is 1. The van der Waals surface area contributed by atoms with Crippen molar-refractivity contribution >= 4 is 18.3 Å². The summed E-state index contributed by atoms with van der Waals surface area (Å²) in [7, 11) is 0. The minimum atomic E-state index is -0.0343. The lowest BCUT2D eigenvalue weighted by Gasteiger charge is -2.34. The molecule has 1 amide bonds. The van der Waals surface area contributed by atoms with E-state index >= 15 is 0 Å². The molecule has 5 heteroatoms. The van der Waals surface area contributed by atoms with E-state index in [1.54, 1.807) is 6.07 Å². The van der Waals surface area contributed by atoms with E-state index in [4.69, 9.17) is 10.2 Å². The summed E-state index contributed by atoms with van der Waals surface area (Å²) < 4.78 is 5.88. The van der Waals surface area contributed by atoms with Gasteiger partial charge in [0.05, 0.1) is 0 Å². The van der Waals surface area contributed by atoms with Crippen LogP contribution in [0.4, 0.5) is 0 Å². The molecular formula is C22H31ClN2O2. The van der Waals surface area contributed by atoms with E-state index in [1.807, 2.05) is 17.9 Å². The molecule has 1 aliphatic heterocycles. The molecular weight excluding hydrogens is 360 g/mol. The van der Waals surface area contributed by atoms with Gasteiger partial charge in [0.15, 0.2) is 5.76 Å². The average molecular weight is 391 g/mol. The van der Waals surface area contributed by atoms with E-state index in [-0.39, 0.29) is 29.8 Å². The van der Waals surface area contributed by atoms with Gasteiger partial charge < -0.3 is 15.1 Å². The molecule has 2 unspecified atom stereocenters. The zero-order chi connectivity index (χ0) is 18.9. The Balaban J connectivity index is 0.00000261. The fourth-order valence-corrected chi connectivity index (χ4v) is 3.52. The smallest absolute Gasteiger partial charge is 0.289 e. The summed E-state index contributed by atoms with van der Waals surface area (Å²) in [5.41, 5.74) is 8.42. The quantitative estimate of drug-likeness (QED) is 0.813. The molecule has 0 aliphatic carbocycles. The number of rotatable bonds is 3. The number of hydrogen-bond acceptors (Lipinski definition) is 3. The van der Waals surface area contributed by atoms with Crippen molar-refractivity contribution in [3.8, 4) is 11.3 Å². The van der Waals surface area contributed by atoms with Gasteiger partial charge in [-0.1, -0.05) is 45.0 Å². The Hall–Kier alpha value is -1.78. The van der Waals surface area contributed by atoms with Crippen molar-refractivity contribution in [1.82, 2.24) is 4.90 Å². The zero-order valence-corrected chi connectivity index (χ0v) is 17.5. The molecule has 0 radical (unpaired) electrons. The number of hydrogen-bond donors (Lipinski definition) is 1. The molecule has 2 aromatic rings. The number of likely N-dealkylation sites (tertiary alicyclic amines) is 1. The number of nitrogens with zero attached hydrogens (tertiary/aromatic N) is 1. The van der Waals surface area contributed by atoms with Crippen LogP contribution in [0.1, 0.15) is 56.7 Å². The van der Waals surface area contributed by atoms with Crippen LogP contribution in [-0.4, -0.2) is 29.9 Å². The van der Waals surface area contributed by atoms with E-state index < -0.39 is 0 Å². The molecule has 2 heterocycles. The normalized spacial score (nSPS) is 18.7. The average Bonchev–Trinajstić information content (AvgIpc) is 3.10. The van der Waals surface area contributed by atoms with Crippen molar-refractivity contribution < 1.29 is 9.21 Å². The third-order valence-electron chi connectivity index (χ3n) is 5.34. The number of carbonyl (C=O) groups excluding carboxylic acids is 1. The van der Waals surface area contributed by atoms with Gasteiger partial charge in [0.25, 0.3) is 5.91 Å². The second-order valence-corrected chi connectivity index (χ2v) is 8.50. The van der Waals surface area contributed by atoms with Crippen LogP contribution < -0.4 is 5.73 Å². The van der Waals surface area contributed by atoms with E-state index in [1.165, 1.54) is 5.56 Å². The van der Waals surface area contributed by atoms with E-state index in [0.29, 0.717) is 18.2 Å². The molecule has 0 bridgehead atoms. The minimum Gasteiger partial charge on any atom is -0.451 e. The van der Waals surface area contributed by atoms with E-state index in [2.05, 4.69) is 45.0 Å². The fourth-order valence-electron chi connectivity index (χ4n) is 3.52. The first-order chi connectivity index (χ1) is 12.3. The van der Waals surface area contributed by atoms with Gasteiger partial charge in [-0.25, -0.2) is 0 Å². The van der Waals surface area contributed by atoms with E-state index in [9.17, 15) is 4.79 Å². The highest BCUT2D eigenvalue weighted by Gasteiger charge is 2.28. The highest BCUT2D eigenvalue weighted by atomic mass is 35.5. The number of carbonyl (C=O) groups is 1. The predicted octanol–water partition coefficient (Wildman–Crippen LogP) is 4.87. The van der Waals surface area contributed by atoms with Gasteiger partial charge in [-0.3, -0.25) is 4.79 Å². The SMILES string of the molecule is CC(N)C1CCCN(C(=O)c2ccc(-c3ccc(C(C)(C)C)cc3)o2)C1.Cl. The van der Waals surface area contributed by atoms with Gasteiger partial charge in [0, 0.05) is 24.7 Å². The van der Waals surface area contributed by atoms with Crippen LogP contribution in [0.3, 0.4) is 0 Å². The number of amides is 1. The van der Waals surface area contributed by atoms with Crippen LogP contribution in [0.15, 0.2) is 40.8 Å². The van der Waals surface area contributed by atoms with Gasteiger partial charge in [0.2, 0.25) is 0 Å². The van der Waals surface area contributed by atoms with E-state index in [0.717, 1.165) is 30.7 Å². The second-order valence-electron chi connectivity index (χ2n) is 8.50. The molecule has 1 aliphatic rings. The number of nitrogens with two attached hydrogens (primary N) is 1. The minimum absolute atomic E-state index is 0. The highest BCUT2D eigenvalue weighted by Crippen LogP contribution is 2.28. The molecule has 148 valence electrons. The summed E-state index contributed by atoms with van der Waals surface area (Å²) in [6.07, 6.45) is 2.09. The van der Waals surface area contributed by atoms with Crippen LogP contribution in [0, 0.1) is 5.92 Å². The molecule has 1 aromatic heterocycles. The van der Waals surface area contributed by atoms with Crippen molar-refractivity contribution in [3.63, 3.8) is 0 Å². The molecule has 2 N–H and O–H groups in total. The van der Waals surface area contributed by atoms with Gasteiger partial charge in [-0.15, -0.1) is 12.4 Å². The maximum absolute atomic E-state index is 12.8. The van der Waals surface area contributed by atoms with Gasteiger partial charge in [-0.05, 0) is 48.8 Å². The first-order valence-corrected chi connectivity index (χ1v) is 9.51. The fraction of sp³-hybridized carbons (Fsp3) is 0.500. The number of piperidine rings is 1. The van der Waals surface area contributed by atoms with Crippen LogP contribution >= 0.6 is 12.4 Å². The summed E-state index contributed by atoms with van der Waals surface area (Å²) in [6, 6.07) is 12.1. The second kappa shape index (κ2) is 8.49. The number of furan rings is 1. The van der Waals surface area contributed by atoms with Crippen LogP contribution in [0.25, 0.3) is 11.3 Å². The Kier molecular flexibility index (Phi) is 6.77. The standard InChI is InChI=1S/C22H30N2O2.ClH/c1-15(23)17-6-5-13-24(14-17)21(25)20-12-11-19(26-20)16-7-9-18(10-8-16)22(2,3)4;/h7-12,15,17H,5-6,13-14,23H2,1-4H3;1H. The summed E-state index contributed by atoms with van der Waals surface area (Å²) in [4.78, 5) is 14.7. The van der Waals surface area contributed by atoms with Crippen molar-refractivity contribution in [3.05, 3.63) is 47.7 Å². The third-order valence-corrected chi connectivity index (χ3v) is 5.34. The largest absolute Gasteiger partial charge is 0.451 e. The van der Waals surface area contributed by atoms with Gasteiger partial charge in [0.1, 0.15) is 5.76 Å². The highest BCUT2D eigenvalue weighted by molar-refractivity contribution is 5.92. The molecule has 3 rings (SSSR count). The Morgan fingerprint density at radius 2 is 1.85 bits per heavy atom. The Bertz CT molecular complexity index is 759. The first kappa shape index (κ1) is 21.5. The first-order valence-electron chi connectivity index (χ1n) is 9.51. The summed E-state index contributed by atoms with van der Waals surface area (Å²) in [6.45, 7) is 10.1. The third kappa shape index (κ3) is 4.94. The molecule has 1 saturated heterocycles. The summed E-state index contributed by atoms with van der Waals surface area (Å²) in [5.74, 6) is 1.47. The lowest BCUT2D eigenvalue weighted by atomic mass is 9.86. The number of halogens is 1. The Morgan fingerprint density at radius 1 is 1.19 bits per heavy atom. The molecule has 0 spiro atoms. The Labute approximate surface area is 168 Å². The topological polar surface area (TPSA) is 59.5 Å². The van der Waals surface area contributed by atoms with Gasteiger partial charge in [-0.2, -0.15) is 0 Å². The maximum atomic E-state index is 12.8. The van der Waals surface area contributed by atoms with Crippen molar-refractivity contribution in [2.24, 2.45) is 11.7 Å². The lowest BCUT2D eigenvalue weighted by molar-refractivity contribution is 0.0630. The summed E-state index contributed by atoms with van der Waals surface area (Å²) in [5, 5.41) is 0. The van der Waals surface area contributed by atoms with Gasteiger partial charge >= 0.3 is 0 Å². The van der Waals surface area contributed by atoms with Crippen molar-refractivity contribution in [1.29, 1.82) is 0 Å². The predicted molar refractivity (Wildman–Crippen MR) is 112 cm³/mol. The molecule has 0 saturated carbocycles. The molecule has 4 nitrogen and oxygen atoms in total. The van der Waals surface area contributed by atoms with Crippen molar-refractivity contribution in [2.45, 2.75) is 52.0 Å². The van der Waals surface area contributed by atoms with Crippen LogP contribution in [0.2, 0.25) is 0 Å². The maximum Gasteiger partial charge on any atom is 0.289 e. The Morgan fingerprint density at radius 3 is 2.44 bits per heavy atom.